The summed E-state index contributed by atoms with van der Waals surface area (Å²) in [6.45, 7) is 0. The van der Waals surface area contributed by atoms with E-state index in [4.69, 9.17) is 0 Å². The maximum absolute atomic E-state index is 4.50. The summed E-state index contributed by atoms with van der Waals surface area (Å²) in [5.41, 5.74) is 13.5. The second-order valence-corrected chi connectivity index (χ2v) is 2.15. The van der Waals surface area contributed by atoms with Crippen molar-refractivity contribution in [2.75, 3.05) is 21.1 Å². The zero-order valence-corrected chi connectivity index (χ0v) is 12.7. The van der Waals surface area contributed by atoms with Crippen LogP contribution in [0.1, 0.15) is 0 Å². The molecule has 0 aromatic heterocycles. The predicted octanol–water partition coefficient (Wildman–Crippen LogP) is 1.28. The van der Waals surface area contributed by atoms with Crippen LogP contribution >= 0.6 is 0 Å². The van der Waals surface area contributed by atoms with Crippen molar-refractivity contribution in [3.8, 4) is 0 Å². The van der Waals surface area contributed by atoms with Gasteiger partial charge in [-0.25, -0.2) is 0 Å². The first kappa shape index (κ1) is 20.9. The summed E-state index contributed by atoms with van der Waals surface area (Å²) in [4.78, 5) is 0. The number of hydrogen-bond acceptors (Lipinski definition) is 3. The van der Waals surface area contributed by atoms with Crippen LogP contribution in [0, 0.1) is 0 Å². The Kier molecular flexibility index (Phi) is 22.3. The second-order valence-electron chi connectivity index (χ2n) is 2.15. The van der Waals surface area contributed by atoms with Gasteiger partial charge in [-0.1, -0.05) is 6.07 Å². The van der Waals surface area contributed by atoms with Gasteiger partial charge in [0.05, 0.1) is 0 Å². The van der Waals surface area contributed by atoms with Crippen LogP contribution in [-0.2, 0) is 26.2 Å². The van der Waals surface area contributed by atoms with Gasteiger partial charge in [0, 0.05) is 26.2 Å². The molecule has 0 atom stereocenters. The number of nitrogens with two attached hydrogens (primary N) is 3. The minimum Gasteiger partial charge on any atom is -0.333 e. The van der Waals surface area contributed by atoms with Crippen LogP contribution < -0.4 is 17.2 Å². The second kappa shape index (κ2) is 17.0. The van der Waals surface area contributed by atoms with Crippen LogP contribution in [0.25, 0.3) is 10.8 Å². The van der Waals surface area contributed by atoms with Gasteiger partial charge < -0.3 is 17.2 Å². The Labute approximate surface area is 117 Å². The van der Waals surface area contributed by atoms with Crippen molar-refractivity contribution in [2.45, 2.75) is 0 Å². The average Bonchev–Trinajstić information content (AvgIpc) is 2.85. The largest absolute Gasteiger partial charge is 0.333 e. The molecule has 0 saturated heterocycles. The van der Waals surface area contributed by atoms with Gasteiger partial charge in [-0.3, -0.25) is 0 Å². The molecular weight excluding hydrogens is 277 g/mol. The van der Waals surface area contributed by atoms with Crippen molar-refractivity contribution >= 4 is 10.8 Å². The first-order chi connectivity index (χ1) is 7.47. The SMILES string of the molecule is CN.CN.CN.[Zr].c1ccc2[cH-]ccc2c1. The van der Waals surface area contributed by atoms with Crippen LogP contribution in [0.3, 0.4) is 0 Å². The van der Waals surface area contributed by atoms with E-state index in [1.165, 1.54) is 31.9 Å². The number of hydrogen-bond donors (Lipinski definition) is 3. The Hall–Kier alpha value is -0.407. The maximum atomic E-state index is 4.50. The van der Waals surface area contributed by atoms with Crippen LogP contribution in [0.4, 0.5) is 0 Å². The standard InChI is InChI=1S/C9H7.3CH5N.Zr/c1-2-5-9-7-3-6-8(9)4-1;3*1-2;/h1-7H;3*2H2,1H3;/q-1;;;;. The molecule has 0 spiro atoms. The Balaban J connectivity index is -0.000000214. The minimum absolute atomic E-state index is 0. The molecule has 0 saturated carbocycles. The number of benzene rings is 1. The zero-order valence-electron chi connectivity index (χ0n) is 10.3. The molecule has 0 aliphatic carbocycles. The van der Waals surface area contributed by atoms with Gasteiger partial charge >= 0.3 is 0 Å². The van der Waals surface area contributed by atoms with Crippen molar-refractivity contribution in [2.24, 2.45) is 17.2 Å². The fraction of sp³-hybridized carbons (Fsp3) is 0.250. The third-order valence-electron chi connectivity index (χ3n) is 1.55. The van der Waals surface area contributed by atoms with Gasteiger partial charge in [-0.15, -0.1) is 29.7 Å². The first-order valence-electron chi connectivity index (χ1n) is 4.80. The fourth-order valence-corrected chi connectivity index (χ4v) is 1.07. The minimum atomic E-state index is 0. The molecule has 0 aliphatic heterocycles. The molecule has 0 radical (unpaired) electrons. The normalized spacial score (nSPS) is 6.88. The van der Waals surface area contributed by atoms with E-state index in [2.05, 4.69) is 59.7 Å². The van der Waals surface area contributed by atoms with E-state index in [0.29, 0.717) is 0 Å². The molecule has 0 amide bonds. The Morgan fingerprint density at radius 2 is 1.31 bits per heavy atom. The van der Waals surface area contributed by atoms with Crippen LogP contribution in [0.2, 0.25) is 0 Å². The smallest absolute Gasteiger partial charge is 0 e. The Morgan fingerprint density at radius 1 is 0.812 bits per heavy atom. The van der Waals surface area contributed by atoms with E-state index in [-0.39, 0.29) is 26.2 Å². The monoisotopic (exact) mass is 298 g/mol. The van der Waals surface area contributed by atoms with E-state index >= 15 is 0 Å². The third-order valence-corrected chi connectivity index (χ3v) is 1.55. The van der Waals surface area contributed by atoms with Crippen LogP contribution in [0.5, 0.6) is 0 Å². The molecule has 3 nitrogen and oxygen atoms in total. The van der Waals surface area contributed by atoms with E-state index < -0.39 is 0 Å². The summed E-state index contributed by atoms with van der Waals surface area (Å²) in [6, 6.07) is 14.7. The maximum Gasteiger partial charge on any atom is 0 e. The molecule has 90 valence electrons. The van der Waals surface area contributed by atoms with E-state index in [1.54, 1.807) is 0 Å². The summed E-state index contributed by atoms with van der Waals surface area (Å²) < 4.78 is 0. The molecular formula is C12H22N3Zr-. The van der Waals surface area contributed by atoms with Crippen LogP contribution in [-0.4, -0.2) is 21.1 Å². The quantitative estimate of drug-likeness (QED) is 0.641. The zero-order chi connectivity index (χ0) is 12.1. The molecule has 0 fully saturated rings. The summed E-state index contributed by atoms with van der Waals surface area (Å²) in [6.07, 6.45) is 0. The van der Waals surface area contributed by atoms with Crippen molar-refractivity contribution in [1.29, 1.82) is 0 Å². The van der Waals surface area contributed by atoms with Gasteiger partial charge in [-0.05, 0) is 21.1 Å². The molecule has 4 heteroatoms. The topological polar surface area (TPSA) is 78.1 Å². The molecule has 2 aromatic rings. The predicted molar refractivity (Wildman–Crippen MR) is 69.9 cm³/mol. The molecule has 6 N–H and O–H groups in total. The third kappa shape index (κ3) is 7.83. The van der Waals surface area contributed by atoms with E-state index in [1.807, 2.05) is 0 Å². The average molecular weight is 300 g/mol. The first-order valence-corrected chi connectivity index (χ1v) is 4.80. The molecule has 0 bridgehead atoms. The van der Waals surface area contributed by atoms with Crippen molar-refractivity contribution in [3.63, 3.8) is 0 Å². The summed E-state index contributed by atoms with van der Waals surface area (Å²) in [7, 11) is 4.50. The van der Waals surface area contributed by atoms with Crippen molar-refractivity contribution in [3.05, 3.63) is 42.5 Å². The molecule has 2 rings (SSSR count). The van der Waals surface area contributed by atoms with Crippen molar-refractivity contribution in [1.82, 2.24) is 0 Å². The number of rotatable bonds is 0. The van der Waals surface area contributed by atoms with Gasteiger partial charge in [0.1, 0.15) is 0 Å². The fourth-order valence-electron chi connectivity index (χ4n) is 1.07. The number of fused-ring (bicyclic) bond motifs is 1. The molecule has 0 heterocycles. The molecule has 16 heavy (non-hydrogen) atoms. The molecule has 0 aliphatic rings. The van der Waals surface area contributed by atoms with Gasteiger partial charge in [0.2, 0.25) is 0 Å². The molecule has 2 aromatic carbocycles. The Bertz CT molecular complexity index is 290. The van der Waals surface area contributed by atoms with E-state index in [0.717, 1.165) is 0 Å². The summed E-state index contributed by atoms with van der Waals surface area (Å²) in [5, 5.41) is 2.66. The van der Waals surface area contributed by atoms with Crippen molar-refractivity contribution < 1.29 is 26.2 Å². The Morgan fingerprint density at radius 3 is 1.81 bits per heavy atom. The summed E-state index contributed by atoms with van der Waals surface area (Å²) >= 11 is 0. The summed E-state index contributed by atoms with van der Waals surface area (Å²) in [5.74, 6) is 0. The van der Waals surface area contributed by atoms with E-state index in [9.17, 15) is 0 Å². The van der Waals surface area contributed by atoms with Gasteiger partial charge in [0.25, 0.3) is 0 Å². The van der Waals surface area contributed by atoms with Crippen LogP contribution in [0.15, 0.2) is 42.5 Å². The molecule has 0 unspecified atom stereocenters. The van der Waals surface area contributed by atoms with Gasteiger partial charge in [0.15, 0.2) is 0 Å². The van der Waals surface area contributed by atoms with Gasteiger partial charge in [-0.2, -0.15) is 17.5 Å².